The number of furan rings is 1. The number of aryl methyl sites for hydroxylation is 1. The van der Waals surface area contributed by atoms with Crippen molar-refractivity contribution in [3.05, 3.63) is 66.8 Å². The number of hydrogen-bond acceptors (Lipinski definition) is 5. The first-order valence-electron chi connectivity index (χ1n) is 10.0. The maximum absolute atomic E-state index is 13.2. The molecule has 8 heteroatoms. The van der Waals surface area contributed by atoms with Crippen molar-refractivity contribution in [2.24, 2.45) is 0 Å². The smallest absolute Gasteiger partial charge is 0.243 e. The molecule has 154 valence electrons. The molecular weight excluding hydrogens is 400 g/mol. The molecule has 5 rings (SSSR count). The lowest BCUT2D eigenvalue weighted by Crippen LogP contribution is -2.29. The minimum atomic E-state index is -3.55. The van der Waals surface area contributed by atoms with Crippen LogP contribution >= 0.6 is 0 Å². The summed E-state index contributed by atoms with van der Waals surface area (Å²) in [5.74, 6) is 0.744. The van der Waals surface area contributed by atoms with Crippen molar-refractivity contribution >= 4 is 21.2 Å². The van der Waals surface area contributed by atoms with Gasteiger partial charge in [-0.25, -0.2) is 18.4 Å². The second-order valence-electron chi connectivity index (χ2n) is 7.47. The molecule has 1 fully saturated rings. The van der Waals surface area contributed by atoms with Crippen LogP contribution in [0.25, 0.3) is 22.6 Å². The van der Waals surface area contributed by atoms with Gasteiger partial charge in [0.05, 0.1) is 22.8 Å². The normalized spacial score (nSPS) is 17.7. The average molecular weight is 423 g/mol. The van der Waals surface area contributed by atoms with E-state index in [1.807, 2.05) is 30.3 Å². The van der Waals surface area contributed by atoms with Gasteiger partial charge in [-0.2, -0.15) is 4.31 Å². The molecule has 7 nitrogen and oxygen atoms in total. The van der Waals surface area contributed by atoms with Gasteiger partial charge in [0.25, 0.3) is 0 Å². The Morgan fingerprint density at radius 2 is 2.00 bits per heavy atom. The number of pyridine rings is 1. The average Bonchev–Trinajstić information content (AvgIpc) is 3.52. The number of imidazole rings is 1. The lowest BCUT2D eigenvalue weighted by molar-refractivity contribution is 0.455. The molecule has 0 bridgehead atoms. The fraction of sp³-hybridized carbons (Fsp3) is 0.273. The molecule has 1 saturated heterocycles. The molecule has 0 amide bonds. The van der Waals surface area contributed by atoms with E-state index in [0.717, 1.165) is 34.5 Å². The number of nitrogens with zero attached hydrogens (tertiary/aromatic N) is 4. The van der Waals surface area contributed by atoms with Crippen LogP contribution in [0.2, 0.25) is 0 Å². The standard InChI is InChI=1S/C22H22N4O3S/c1-2-16-5-7-19(8-6-16)30(27,28)25-12-9-18(14-25)26-21(17-10-13-29-15-17)24-20-4-3-11-23-22(20)26/h3-8,10-11,13,15,18H,2,9,12,14H2,1H3/t18-/m1/s1. The molecule has 0 radical (unpaired) electrons. The van der Waals surface area contributed by atoms with Crippen LogP contribution in [0.4, 0.5) is 0 Å². The third kappa shape index (κ3) is 3.12. The maximum atomic E-state index is 13.2. The van der Waals surface area contributed by atoms with Crippen LogP contribution in [-0.2, 0) is 16.4 Å². The van der Waals surface area contributed by atoms with E-state index >= 15 is 0 Å². The van der Waals surface area contributed by atoms with Crippen molar-refractivity contribution < 1.29 is 12.8 Å². The fourth-order valence-electron chi connectivity index (χ4n) is 4.06. The summed E-state index contributed by atoms with van der Waals surface area (Å²) in [4.78, 5) is 9.60. The van der Waals surface area contributed by atoms with Gasteiger partial charge in [0.15, 0.2) is 5.65 Å². The molecule has 0 spiro atoms. The van der Waals surface area contributed by atoms with E-state index in [9.17, 15) is 8.42 Å². The highest BCUT2D eigenvalue weighted by Crippen LogP contribution is 2.34. The molecule has 3 aromatic heterocycles. The van der Waals surface area contributed by atoms with Gasteiger partial charge in [0, 0.05) is 19.3 Å². The molecule has 30 heavy (non-hydrogen) atoms. The first kappa shape index (κ1) is 19.0. The second kappa shape index (κ2) is 7.37. The maximum Gasteiger partial charge on any atom is 0.243 e. The molecule has 1 aliphatic rings. The molecule has 1 aromatic carbocycles. The highest BCUT2D eigenvalue weighted by atomic mass is 32.2. The summed E-state index contributed by atoms with van der Waals surface area (Å²) in [6, 6.07) is 12.7. The van der Waals surface area contributed by atoms with Crippen LogP contribution in [0.5, 0.6) is 0 Å². The fourth-order valence-corrected chi connectivity index (χ4v) is 5.55. The summed E-state index contributed by atoms with van der Waals surface area (Å²) in [5.41, 5.74) is 3.51. The van der Waals surface area contributed by atoms with Crippen molar-refractivity contribution in [3.8, 4) is 11.4 Å². The molecular formula is C22H22N4O3S. The molecule has 0 unspecified atom stereocenters. The third-order valence-electron chi connectivity index (χ3n) is 5.69. The van der Waals surface area contributed by atoms with Crippen LogP contribution in [0.15, 0.2) is 70.5 Å². The topological polar surface area (TPSA) is 81.2 Å². The van der Waals surface area contributed by atoms with Gasteiger partial charge in [-0.1, -0.05) is 19.1 Å². The zero-order valence-corrected chi connectivity index (χ0v) is 17.4. The minimum absolute atomic E-state index is 0.0560. The molecule has 4 heterocycles. The summed E-state index contributed by atoms with van der Waals surface area (Å²) >= 11 is 0. The van der Waals surface area contributed by atoms with E-state index in [4.69, 9.17) is 9.40 Å². The number of rotatable bonds is 5. The zero-order valence-electron chi connectivity index (χ0n) is 16.6. The Hall–Kier alpha value is -2.97. The second-order valence-corrected chi connectivity index (χ2v) is 9.40. The van der Waals surface area contributed by atoms with E-state index in [-0.39, 0.29) is 6.04 Å². The number of hydrogen-bond donors (Lipinski definition) is 0. The van der Waals surface area contributed by atoms with Gasteiger partial charge in [-0.05, 0) is 48.7 Å². The highest BCUT2D eigenvalue weighted by molar-refractivity contribution is 7.89. The van der Waals surface area contributed by atoms with Gasteiger partial charge in [0.1, 0.15) is 17.6 Å². The monoisotopic (exact) mass is 422 g/mol. The van der Waals surface area contributed by atoms with Gasteiger partial charge >= 0.3 is 0 Å². The SMILES string of the molecule is CCc1ccc(S(=O)(=O)N2CC[C@@H](n3c(-c4ccoc4)nc4cccnc43)C2)cc1. The summed E-state index contributed by atoms with van der Waals surface area (Å²) in [5, 5.41) is 0. The summed E-state index contributed by atoms with van der Waals surface area (Å²) < 4.78 is 35.3. The lowest BCUT2D eigenvalue weighted by atomic mass is 10.2. The van der Waals surface area contributed by atoms with Crippen molar-refractivity contribution in [3.63, 3.8) is 0 Å². The minimum Gasteiger partial charge on any atom is -0.472 e. The Labute approximate surface area is 175 Å². The zero-order chi connectivity index (χ0) is 20.7. The van der Waals surface area contributed by atoms with Crippen LogP contribution in [-0.4, -0.2) is 40.3 Å². The van der Waals surface area contributed by atoms with Crippen LogP contribution in [0.1, 0.15) is 24.9 Å². The summed E-state index contributed by atoms with van der Waals surface area (Å²) in [7, 11) is -3.55. The highest BCUT2D eigenvalue weighted by Gasteiger charge is 2.35. The van der Waals surface area contributed by atoms with Crippen LogP contribution in [0.3, 0.4) is 0 Å². The molecule has 0 saturated carbocycles. The quantitative estimate of drug-likeness (QED) is 0.487. The Kier molecular flexibility index (Phi) is 4.67. The molecule has 1 aliphatic heterocycles. The molecule has 1 atom stereocenters. The van der Waals surface area contributed by atoms with E-state index in [1.165, 1.54) is 0 Å². The molecule has 4 aromatic rings. The van der Waals surface area contributed by atoms with Crippen molar-refractivity contribution in [2.45, 2.75) is 30.7 Å². The Morgan fingerprint density at radius 3 is 2.73 bits per heavy atom. The first-order chi connectivity index (χ1) is 14.6. The van der Waals surface area contributed by atoms with Crippen molar-refractivity contribution in [1.82, 2.24) is 18.8 Å². The lowest BCUT2D eigenvalue weighted by Gasteiger charge is -2.18. The number of fused-ring (bicyclic) bond motifs is 1. The first-order valence-corrected chi connectivity index (χ1v) is 11.5. The van der Waals surface area contributed by atoms with Crippen LogP contribution in [0, 0.1) is 0 Å². The largest absolute Gasteiger partial charge is 0.472 e. The third-order valence-corrected chi connectivity index (χ3v) is 7.57. The van der Waals surface area contributed by atoms with E-state index in [1.54, 1.807) is 35.2 Å². The predicted molar refractivity (Wildman–Crippen MR) is 113 cm³/mol. The summed E-state index contributed by atoms with van der Waals surface area (Å²) in [6.07, 6.45) is 6.56. The molecule has 0 N–H and O–H groups in total. The van der Waals surface area contributed by atoms with Crippen LogP contribution < -0.4 is 0 Å². The summed E-state index contributed by atoms with van der Waals surface area (Å²) in [6.45, 7) is 2.89. The van der Waals surface area contributed by atoms with Gasteiger partial charge in [-0.15, -0.1) is 0 Å². The predicted octanol–water partition coefficient (Wildman–Crippen LogP) is 3.89. The number of aromatic nitrogens is 3. The Balaban J connectivity index is 1.50. The van der Waals surface area contributed by atoms with E-state index < -0.39 is 10.0 Å². The Morgan fingerprint density at radius 1 is 1.17 bits per heavy atom. The Bertz CT molecular complexity index is 1280. The van der Waals surface area contributed by atoms with E-state index in [2.05, 4.69) is 16.5 Å². The number of benzene rings is 1. The van der Waals surface area contributed by atoms with Gasteiger partial charge in [-0.3, -0.25) is 0 Å². The van der Waals surface area contributed by atoms with Crippen molar-refractivity contribution in [1.29, 1.82) is 0 Å². The van der Waals surface area contributed by atoms with Crippen molar-refractivity contribution in [2.75, 3.05) is 13.1 Å². The van der Waals surface area contributed by atoms with Gasteiger partial charge < -0.3 is 8.98 Å². The van der Waals surface area contributed by atoms with Gasteiger partial charge in [0.2, 0.25) is 10.0 Å². The van der Waals surface area contributed by atoms with E-state index in [0.29, 0.717) is 24.4 Å². The molecule has 0 aliphatic carbocycles. The number of sulfonamides is 1.